The number of hydrogen-bond acceptors (Lipinski definition) is 1. The number of nitrogens with two attached hydrogens (primary N) is 1. The predicted molar refractivity (Wildman–Crippen MR) is 68.3 cm³/mol. The molecule has 0 radical (unpaired) electrons. The van der Waals surface area contributed by atoms with Crippen LogP contribution in [0.25, 0.3) is 0 Å². The first-order valence-electron chi connectivity index (χ1n) is 5.24. The minimum absolute atomic E-state index is 0.431. The average Bonchev–Trinajstić information content (AvgIpc) is 2.16. The van der Waals surface area contributed by atoms with Gasteiger partial charge in [-0.25, -0.2) is 0 Å². The van der Waals surface area contributed by atoms with Crippen molar-refractivity contribution in [3.63, 3.8) is 0 Å². The molecule has 0 amide bonds. The zero-order valence-corrected chi connectivity index (χ0v) is 10.6. The van der Waals surface area contributed by atoms with Crippen LogP contribution < -0.4 is 5.73 Å². The second-order valence-electron chi connectivity index (χ2n) is 4.10. The Bertz CT molecular complexity index is 324. The van der Waals surface area contributed by atoms with Crippen LogP contribution in [0.15, 0.2) is 24.3 Å². The van der Waals surface area contributed by atoms with Gasteiger partial charge in [0.05, 0.1) is 0 Å². The highest BCUT2D eigenvalue weighted by Gasteiger charge is 2.38. The molecule has 2 rings (SSSR count). The first-order valence-corrected chi connectivity index (χ1v) is 6.32. The average molecular weight is 301 g/mol. The Labute approximate surface area is 99.2 Å². The number of benzene rings is 1. The maximum absolute atomic E-state index is 6.01. The van der Waals surface area contributed by atoms with Gasteiger partial charge < -0.3 is 5.73 Å². The van der Waals surface area contributed by atoms with E-state index in [-0.39, 0.29) is 0 Å². The van der Waals surface area contributed by atoms with Gasteiger partial charge in [0.25, 0.3) is 0 Å². The van der Waals surface area contributed by atoms with E-state index in [4.69, 9.17) is 5.73 Å². The van der Waals surface area contributed by atoms with Crippen molar-refractivity contribution in [1.82, 2.24) is 0 Å². The third kappa shape index (κ3) is 1.70. The minimum Gasteiger partial charge on any atom is -0.327 e. The second kappa shape index (κ2) is 4.19. The maximum Gasteiger partial charge on any atom is 0.0165 e. The zero-order valence-electron chi connectivity index (χ0n) is 8.41. The van der Waals surface area contributed by atoms with Gasteiger partial charge in [-0.1, -0.05) is 31.5 Å². The van der Waals surface area contributed by atoms with Crippen LogP contribution in [0, 0.1) is 9.49 Å². The normalized spacial score (nSPS) is 31.2. The zero-order chi connectivity index (χ0) is 10.1. The molecule has 2 N–H and O–H groups in total. The van der Waals surface area contributed by atoms with Crippen LogP contribution in [0.5, 0.6) is 0 Å². The van der Waals surface area contributed by atoms with Crippen LogP contribution in [0.1, 0.15) is 31.2 Å². The van der Waals surface area contributed by atoms with Crippen LogP contribution in [0.4, 0.5) is 0 Å². The van der Waals surface area contributed by atoms with Crippen LogP contribution in [0.3, 0.4) is 0 Å². The Morgan fingerprint density at radius 3 is 2.71 bits per heavy atom. The Morgan fingerprint density at radius 1 is 1.43 bits per heavy atom. The smallest absolute Gasteiger partial charge is 0.0165 e. The van der Waals surface area contributed by atoms with Crippen LogP contribution in [0.2, 0.25) is 0 Å². The molecule has 1 aliphatic carbocycles. The van der Waals surface area contributed by atoms with Gasteiger partial charge in [-0.3, -0.25) is 0 Å². The summed E-state index contributed by atoms with van der Waals surface area (Å²) in [5.74, 6) is 1.41. The molecule has 76 valence electrons. The van der Waals surface area contributed by atoms with E-state index in [9.17, 15) is 0 Å². The lowest BCUT2D eigenvalue weighted by Gasteiger charge is -2.43. The Balaban J connectivity index is 2.21. The fraction of sp³-hybridized carbons (Fsp3) is 0.500. The molecular formula is C12H16IN. The summed E-state index contributed by atoms with van der Waals surface area (Å²) >= 11 is 2.43. The quantitative estimate of drug-likeness (QED) is 0.835. The van der Waals surface area contributed by atoms with Crippen molar-refractivity contribution in [2.45, 2.75) is 31.7 Å². The fourth-order valence-electron chi connectivity index (χ4n) is 2.47. The molecule has 0 aliphatic heterocycles. The van der Waals surface area contributed by atoms with E-state index in [1.165, 1.54) is 22.0 Å². The van der Waals surface area contributed by atoms with E-state index in [1.54, 1.807) is 0 Å². The van der Waals surface area contributed by atoms with Gasteiger partial charge in [0.15, 0.2) is 0 Å². The molecule has 3 unspecified atom stereocenters. The molecule has 14 heavy (non-hydrogen) atoms. The lowest BCUT2D eigenvalue weighted by molar-refractivity contribution is 0.198. The molecular weight excluding hydrogens is 285 g/mol. The first kappa shape index (κ1) is 10.4. The SMILES string of the molecule is CCC1C(N)CC1c1ccccc1I. The lowest BCUT2D eigenvalue weighted by atomic mass is 9.65. The Kier molecular flexibility index (Phi) is 3.12. The molecule has 2 heteroatoms. The maximum atomic E-state index is 6.01. The van der Waals surface area contributed by atoms with Crippen molar-refractivity contribution in [1.29, 1.82) is 0 Å². The van der Waals surface area contributed by atoms with E-state index in [2.05, 4.69) is 53.8 Å². The van der Waals surface area contributed by atoms with Crippen molar-refractivity contribution in [2.75, 3.05) is 0 Å². The van der Waals surface area contributed by atoms with Crippen LogP contribution in [-0.2, 0) is 0 Å². The van der Waals surface area contributed by atoms with Crippen molar-refractivity contribution >= 4 is 22.6 Å². The summed E-state index contributed by atoms with van der Waals surface area (Å²) < 4.78 is 1.39. The van der Waals surface area contributed by atoms with Crippen LogP contribution in [-0.4, -0.2) is 6.04 Å². The van der Waals surface area contributed by atoms with E-state index in [1.807, 2.05) is 0 Å². The van der Waals surface area contributed by atoms with Gasteiger partial charge in [-0.05, 0) is 52.5 Å². The van der Waals surface area contributed by atoms with Gasteiger partial charge in [0.1, 0.15) is 0 Å². The summed E-state index contributed by atoms with van der Waals surface area (Å²) in [4.78, 5) is 0. The Hall–Kier alpha value is -0.0900. The van der Waals surface area contributed by atoms with Crippen molar-refractivity contribution in [2.24, 2.45) is 11.7 Å². The lowest BCUT2D eigenvalue weighted by Crippen LogP contribution is -2.45. The molecule has 1 aromatic rings. The van der Waals surface area contributed by atoms with Crippen LogP contribution >= 0.6 is 22.6 Å². The first-order chi connectivity index (χ1) is 6.74. The summed E-state index contributed by atoms with van der Waals surface area (Å²) in [6.45, 7) is 2.24. The highest BCUT2D eigenvalue weighted by molar-refractivity contribution is 14.1. The Morgan fingerprint density at radius 2 is 2.14 bits per heavy atom. The van der Waals surface area contributed by atoms with Gasteiger partial charge in [-0.2, -0.15) is 0 Å². The van der Waals surface area contributed by atoms with Crippen molar-refractivity contribution < 1.29 is 0 Å². The second-order valence-corrected chi connectivity index (χ2v) is 5.26. The summed E-state index contributed by atoms with van der Waals surface area (Å²) in [7, 11) is 0. The molecule has 0 aromatic heterocycles. The van der Waals surface area contributed by atoms with Crippen molar-refractivity contribution in [3.05, 3.63) is 33.4 Å². The van der Waals surface area contributed by atoms with E-state index in [0.29, 0.717) is 17.9 Å². The third-order valence-corrected chi connectivity index (χ3v) is 4.35. The molecule has 1 saturated carbocycles. The fourth-order valence-corrected chi connectivity index (χ4v) is 3.25. The minimum atomic E-state index is 0.431. The van der Waals surface area contributed by atoms with E-state index in [0.717, 1.165) is 0 Å². The van der Waals surface area contributed by atoms with Gasteiger partial charge in [-0.15, -0.1) is 0 Å². The van der Waals surface area contributed by atoms with E-state index >= 15 is 0 Å². The van der Waals surface area contributed by atoms with Gasteiger partial charge >= 0.3 is 0 Å². The molecule has 3 atom stereocenters. The highest BCUT2D eigenvalue weighted by atomic mass is 127. The molecule has 1 aliphatic rings. The topological polar surface area (TPSA) is 26.0 Å². The van der Waals surface area contributed by atoms with Crippen molar-refractivity contribution in [3.8, 4) is 0 Å². The number of halogens is 1. The monoisotopic (exact) mass is 301 g/mol. The molecule has 0 spiro atoms. The molecule has 0 heterocycles. The predicted octanol–water partition coefficient (Wildman–Crippen LogP) is 3.13. The van der Waals surface area contributed by atoms with Gasteiger partial charge in [0, 0.05) is 9.61 Å². The summed E-state index contributed by atoms with van der Waals surface area (Å²) in [6.07, 6.45) is 2.37. The number of hydrogen-bond donors (Lipinski definition) is 1. The molecule has 0 saturated heterocycles. The van der Waals surface area contributed by atoms with Gasteiger partial charge in [0.2, 0.25) is 0 Å². The molecule has 1 fully saturated rings. The van der Waals surface area contributed by atoms with E-state index < -0.39 is 0 Å². The standard InChI is InChI=1S/C12H16IN/c1-2-8-10(7-12(8)14)9-5-3-4-6-11(9)13/h3-6,8,10,12H,2,7,14H2,1H3. The molecule has 1 nitrogen and oxygen atoms in total. The summed E-state index contributed by atoms with van der Waals surface area (Å²) in [6, 6.07) is 9.10. The number of rotatable bonds is 2. The highest BCUT2D eigenvalue weighted by Crippen LogP contribution is 2.44. The molecule has 1 aromatic carbocycles. The summed E-state index contributed by atoms with van der Waals surface area (Å²) in [5, 5.41) is 0. The third-order valence-electron chi connectivity index (χ3n) is 3.37. The summed E-state index contributed by atoms with van der Waals surface area (Å²) in [5.41, 5.74) is 7.51. The largest absolute Gasteiger partial charge is 0.327 e. The molecule has 0 bridgehead atoms.